The Morgan fingerprint density at radius 1 is 1.07 bits per heavy atom. The summed E-state index contributed by atoms with van der Waals surface area (Å²) < 4.78 is 1.22. The van der Waals surface area contributed by atoms with Crippen molar-refractivity contribution in [2.24, 2.45) is 0 Å². The first-order chi connectivity index (χ1) is 6.75. The van der Waals surface area contributed by atoms with Gasteiger partial charge in [-0.3, -0.25) is 4.98 Å². The molecule has 0 aliphatic rings. The summed E-state index contributed by atoms with van der Waals surface area (Å²) in [6.45, 7) is 2.09. The van der Waals surface area contributed by atoms with E-state index in [1.807, 2.05) is 12.3 Å². The number of aromatic nitrogens is 1. The molecule has 0 N–H and O–H groups in total. The topological polar surface area (TPSA) is 12.9 Å². The highest BCUT2D eigenvalue weighted by atomic mass is 127. The minimum absolute atomic E-state index is 1.04. The van der Waals surface area contributed by atoms with E-state index in [-0.39, 0.29) is 0 Å². The van der Waals surface area contributed by atoms with Crippen molar-refractivity contribution in [3.05, 3.63) is 51.7 Å². The first-order valence-corrected chi connectivity index (χ1v) is 5.52. The number of hydrogen-bond acceptors (Lipinski definition) is 1. The lowest BCUT2D eigenvalue weighted by Crippen LogP contribution is -1.83. The summed E-state index contributed by atoms with van der Waals surface area (Å²) in [6.07, 6.45) is 1.84. The van der Waals surface area contributed by atoms with E-state index >= 15 is 0 Å². The molecular weight excluding hydrogens is 285 g/mol. The van der Waals surface area contributed by atoms with E-state index in [9.17, 15) is 0 Å². The normalized spacial score (nSPS) is 10.1. The Labute approximate surface area is 97.3 Å². The number of pyridine rings is 1. The lowest BCUT2D eigenvalue weighted by Gasteiger charge is -2.01. The van der Waals surface area contributed by atoms with E-state index in [4.69, 9.17) is 0 Å². The largest absolute Gasteiger partial charge is 0.256 e. The Morgan fingerprint density at radius 3 is 2.43 bits per heavy atom. The maximum Gasteiger partial charge on any atom is 0.0712 e. The SMILES string of the molecule is Cc1ccc(-c2cc(I)ccn2)cc1. The fourth-order valence-corrected chi connectivity index (χ4v) is 1.74. The van der Waals surface area contributed by atoms with E-state index in [1.54, 1.807) is 0 Å². The first kappa shape index (κ1) is 9.65. The zero-order valence-corrected chi connectivity index (χ0v) is 10.0. The van der Waals surface area contributed by atoms with Crippen LogP contribution < -0.4 is 0 Å². The second kappa shape index (κ2) is 4.09. The zero-order valence-electron chi connectivity index (χ0n) is 7.87. The Morgan fingerprint density at radius 2 is 1.79 bits per heavy atom. The summed E-state index contributed by atoms with van der Waals surface area (Å²) in [4.78, 5) is 4.33. The number of halogens is 1. The van der Waals surface area contributed by atoms with Gasteiger partial charge in [0.05, 0.1) is 5.69 Å². The van der Waals surface area contributed by atoms with Gasteiger partial charge in [0.15, 0.2) is 0 Å². The molecule has 0 radical (unpaired) electrons. The van der Waals surface area contributed by atoms with Crippen LogP contribution >= 0.6 is 22.6 Å². The molecule has 1 nitrogen and oxygen atoms in total. The molecule has 0 saturated heterocycles. The van der Waals surface area contributed by atoms with Crippen LogP contribution in [0.5, 0.6) is 0 Å². The number of benzene rings is 1. The van der Waals surface area contributed by atoms with Gasteiger partial charge in [0.25, 0.3) is 0 Å². The summed E-state index contributed by atoms with van der Waals surface area (Å²) >= 11 is 2.30. The Kier molecular flexibility index (Phi) is 2.82. The van der Waals surface area contributed by atoms with Crippen molar-refractivity contribution in [3.8, 4) is 11.3 Å². The molecule has 0 saturated carbocycles. The van der Waals surface area contributed by atoms with E-state index in [1.165, 1.54) is 14.7 Å². The van der Waals surface area contributed by atoms with Crippen LogP contribution in [0, 0.1) is 10.5 Å². The molecule has 1 aromatic heterocycles. The van der Waals surface area contributed by atoms with Crippen LogP contribution in [0.15, 0.2) is 42.6 Å². The Hall–Kier alpha value is -0.900. The summed E-state index contributed by atoms with van der Waals surface area (Å²) in [7, 11) is 0. The molecule has 0 atom stereocenters. The van der Waals surface area contributed by atoms with Gasteiger partial charge in [-0.25, -0.2) is 0 Å². The number of aryl methyl sites for hydroxylation is 1. The van der Waals surface area contributed by atoms with Gasteiger partial charge < -0.3 is 0 Å². The van der Waals surface area contributed by atoms with Gasteiger partial charge >= 0.3 is 0 Å². The number of rotatable bonds is 1. The molecule has 0 aliphatic carbocycles. The van der Waals surface area contributed by atoms with Gasteiger partial charge in [-0.05, 0) is 41.6 Å². The van der Waals surface area contributed by atoms with Gasteiger partial charge in [-0.2, -0.15) is 0 Å². The molecule has 14 heavy (non-hydrogen) atoms. The van der Waals surface area contributed by atoms with Crippen LogP contribution in [0.2, 0.25) is 0 Å². The Balaban J connectivity index is 2.44. The molecule has 0 fully saturated rings. The predicted molar refractivity (Wildman–Crippen MR) is 67.1 cm³/mol. The molecule has 2 heteroatoms. The second-order valence-corrected chi connectivity index (χ2v) is 4.47. The summed E-state index contributed by atoms with van der Waals surface area (Å²) in [6, 6.07) is 12.5. The predicted octanol–water partition coefficient (Wildman–Crippen LogP) is 3.66. The highest BCUT2D eigenvalue weighted by Crippen LogP contribution is 2.18. The lowest BCUT2D eigenvalue weighted by atomic mass is 10.1. The third-order valence-corrected chi connectivity index (χ3v) is 2.74. The highest BCUT2D eigenvalue weighted by molar-refractivity contribution is 14.1. The third-order valence-electron chi connectivity index (χ3n) is 2.07. The molecule has 0 spiro atoms. The number of hydrogen-bond donors (Lipinski definition) is 0. The van der Waals surface area contributed by atoms with Crippen LogP contribution in [0.4, 0.5) is 0 Å². The molecule has 2 aromatic rings. The minimum atomic E-state index is 1.04. The molecule has 0 aliphatic heterocycles. The maximum atomic E-state index is 4.33. The maximum absolute atomic E-state index is 4.33. The van der Waals surface area contributed by atoms with E-state index in [2.05, 4.69) is 64.8 Å². The van der Waals surface area contributed by atoms with E-state index in [0.717, 1.165) is 5.69 Å². The van der Waals surface area contributed by atoms with E-state index < -0.39 is 0 Å². The van der Waals surface area contributed by atoms with Crippen molar-refractivity contribution in [1.82, 2.24) is 4.98 Å². The van der Waals surface area contributed by atoms with Crippen molar-refractivity contribution in [2.75, 3.05) is 0 Å². The van der Waals surface area contributed by atoms with Crippen LogP contribution in [0.25, 0.3) is 11.3 Å². The van der Waals surface area contributed by atoms with Crippen LogP contribution in [0.3, 0.4) is 0 Å². The van der Waals surface area contributed by atoms with Crippen molar-refractivity contribution < 1.29 is 0 Å². The summed E-state index contributed by atoms with van der Waals surface area (Å²) in [5, 5.41) is 0. The molecule has 0 amide bonds. The fourth-order valence-electron chi connectivity index (χ4n) is 1.29. The van der Waals surface area contributed by atoms with Crippen molar-refractivity contribution in [2.45, 2.75) is 6.92 Å². The molecule has 2 rings (SSSR count). The molecular formula is C12H10IN. The molecule has 0 bridgehead atoms. The zero-order chi connectivity index (χ0) is 9.97. The number of nitrogens with zero attached hydrogens (tertiary/aromatic N) is 1. The second-order valence-electron chi connectivity index (χ2n) is 3.23. The third kappa shape index (κ3) is 2.12. The van der Waals surface area contributed by atoms with Crippen LogP contribution in [-0.4, -0.2) is 4.98 Å². The van der Waals surface area contributed by atoms with Crippen molar-refractivity contribution in [3.63, 3.8) is 0 Å². The summed E-state index contributed by atoms with van der Waals surface area (Å²) in [5.74, 6) is 0. The quantitative estimate of drug-likeness (QED) is 0.732. The van der Waals surface area contributed by atoms with Gasteiger partial charge in [0, 0.05) is 15.3 Å². The monoisotopic (exact) mass is 295 g/mol. The van der Waals surface area contributed by atoms with Gasteiger partial charge in [0.1, 0.15) is 0 Å². The average molecular weight is 295 g/mol. The first-order valence-electron chi connectivity index (χ1n) is 4.44. The smallest absolute Gasteiger partial charge is 0.0712 e. The highest BCUT2D eigenvalue weighted by Gasteiger charge is 1.98. The Bertz CT molecular complexity index is 434. The van der Waals surface area contributed by atoms with Gasteiger partial charge in [0.2, 0.25) is 0 Å². The molecule has 0 unspecified atom stereocenters. The fraction of sp³-hybridized carbons (Fsp3) is 0.0833. The van der Waals surface area contributed by atoms with E-state index in [0.29, 0.717) is 0 Å². The molecule has 70 valence electrons. The minimum Gasteiger partial charge on any atom is -0.256 e. The standard InChI is InChI=1S/C12H10IN/c1-9-2-4-10(5-3-9)12-8-11(13)6-7-14-12/h2-8H,1H3. The van der Waals surface area contributed by atoms with Gasteiger partial charge in [-0.15, -0.1) is 0 Å². The van der Waals surface area contributed by atoms with Crippen LogP contribution in [0.1, 0.15) is 5.56 Å². The average Bonchev–Trinajstić information content (AvgIpc) is 2.19. The molecule has 1 heterocycles. The van der Waals surface area contributed by atoms with Gasteiger partial charge in [-0.1, -0.05) is 29.8 Å². The van der Waals surface area contributed by atoms with Crippen LogP contribution in [-0.2, 0) is 0 Å². The lowest BCUT2D eigenvalue weighted by molar-refractivity contribution is 1.31. The van der Waals surface area contributed by atoms with Crippen molar-refractivity contribution >= 4 is 22.6 Å². The van der Waals surface area contributed by atoms with Crippen molar-refractivity contribution in [1.29, 1.82) is 0 Å². The molecule has 1 aromatic carbocycles. The summed E-state index contributed by atoms with van der Waals surface area (Å²) in [5.41, 5.74) is 3.49.